The first-order valence-corrected chi connectivity index (χ1v) is 8.72. The van der Waals surface area contributed by atoms with Crippen molar-refractivity contribution in [2.24, 2.45) is 0 Å². The second-order valence-electron chi connectivity index (χ2n) is 5.64. The number of hydrogen-bond donors (Lipinski definition) is 1. The molecule has 1 aliphatic rings. The highest BCUT2D eigenvalue weighted by atomic mass is 35.5. The second-order valence-corrected chi connectivity index (χ2v) is 6.48. The Bertz CT molecular complexity index is 913. The summed E-state index contributed by atoms with van der Waals surface area (Å²) in [6.45, 7) is 1.62. The molecule has 1 N–H and O–H groups in total. The van der Waals surface area contributed by atoms with Gasteiger partial charge in [0, 0.05) is 27.9 Å². The zero-order valence-electron chi connectivity index (χ0n) is 14.2. The van der Waals surface area contributed by atoms with Gasteiger partial charge in [0.1, 0.15) is 0 Å². The van der Waals surface area contributed by atoms with Crippen LogP contribution in [-0.2, 0) is 14.3 Å². The van der Waals surface area contributed by atoms with E-state index in [4.69, 9.17) is 37.4 Å². The van der Waals surface area contributed by atoms with Gasteiger partial charge in [-0.2, -0.15) is 0 Å². The molecule has 0 radical (unpaired) electrons. The molecule has 2 aromatic carbocycles. The predicted molar refractivity (Wildman–Crippen MR) is 102 cm³/mol. The minimum Gasteiger partial charge on any atom is -0.454 e. The van der Waals surface area contributed by atoms with Crippen molar-refractivity contribution in [1.82, 2.24) is 0 Å². The van der Waals surface area contributed by atoms with E-state index in [9.17, 15) is 9.59 Å². The number of benzene rings is 2. The summed E-state index contributed by atoms with van der Waals surface area (Å²) < 4.78 is 15.6. The van der Waals surface area contributed by atoms with E-state index >= 15 is 0 Å². The SMILES string of the molecule is C[C@H](OC(=O)/C=C/c1ccc(Cl)cc1Cl)C(=O)Nc1ccc2c(c1)OCO2. The summed E-state index contributed by atoms with van der Waals surface area (Å²) in [4.78, 5) is 24.1. The molecule has 1 heterocycles. The fourth-order valence-corrected chi connectivity index (χ4v) is 2.75. The number of hydrogen-bond acceptors (Lipinski definition) is 5. The van der Waals surface area contributed by atoms with Crippen LogP contribution in [0.25, 0.3) is 6.08 Å². The molecule has 0 saturated carbocycles. The maximum absolute atomic E-state index is 12.2. The molecule has 0 fully saturated rings. The van der Waals surface area contributed by atoms with E-state index in [1.54, 1.807) is 36.4 Å². The van der Waals surface area contributed by atoms with Crippen molar-refractivity contribution in [2.45, 2.75) is 13.0 Å². The lowest BCUT2D eigenvalue weighted by molar-refractivity contribution is -0.148. The van der Waals surface area contributed by atoms with Crippen molar-refractivity contribution in [3.63, 3.8) is 0 Å². The first kappa shape index (κ1) is 19.1. The van der Waals surface area contributed by atoms with E-state index < -0.39 is 18.0 Å². The summed E-state index contributed by atoms with van der Waals surface area (Å²) in [5, 5.41) is 3.55. The van der Waals surface area contributed by atoms with Crippen LogP contribution in [0.5, 0.6) is 11.5 Å². The molecule has 0 aliphatic carbocycles. The Morgan fingerprint density at radius 2 is 1.93 bits per heavy atom. The maximum atomic E-state index is 12.2. The molecular weight excluding hydrogens is 393 g/mol. The predicted octanol–water partition coefficient (Wildman–Crippen LogP) is 4.31. The molecule has 0 spiro atoms. The molecule has 0 unspecified atom stereocenters. The Kier molecular flexibility index (Phi) is 5.88. The largest absolute Gasteiger partial charge is 0.454 e. The number of ether oxygens (including phenoxy) is 3. The van der Waals surface area contributed by atoms with Crippen LogP contribution in [0.15, 0.2) is 42.5 Å². The topological polar surface area (TPSA) is 73.9 Å². The molecule has 8 heteroatoms. The molecule has 0 aromatic heterocycles. The van der Waals surface area contributed by atoms with Crippen molar-refractivity contribution in [1.29, 1.82) is 0 Å². The molecule has 3 rings (SSSR count). The van der Waals surface area contributed by atoms with Crippen LogP contribution < -0.4 is 14.8 Å². The first-order valence-electron chi connectivity index (χ1n) is 7.96. The van der Waals surface area contributed by atoms with Gasteiger partial charge in [-0.15, -0.1) is 0 Å². The van der Waals surface area contributed by atoms with Crippen molar-refractivity contribution in [2.75, 3.05) is 12.1 Å². The lowest BCUT2D eigenvalue weighted by atomic mass is 10.2. The molecule has 2 aromatic rings. The van der Waals surface area contributed by atoms with Crippen LogP contribution in [0.1, 0.15) is 12.5 Å². The molecular formula is C19H15Cl2NO5. The van der Waals surface area contributed by atoms with E-state index in [0.29, 0.717) is 32.8 Å². The van der Waals surface area contributed by atoms with E-state index in [0.717, 1.165) is 0 Å². The van der Waals surface area contributed by atoms with Gasteiger partial charge in [-0.3, -0.25) is 4.79 Å². The minimum absolute atomic E-state index is 0.144. The molecule has 0 bridgehead atoms. The van der Waals surface area contributed by atoms with E-state index in [2.05, 4.69) is 5.32 Å². The highest BCUT2D eigenvalue weighted by molar-refractivity contribution is 6.35. The Morgan fingerprint density at radius 3 is 2.70 bits per heavy atom. The molecule has 1 aliphatic heterocycles. The van der Waals surface area contributed by atoms with Gasteiger partial charge in [0.25, 0.3) is 5.91 Å². The lowest BCUT2D eigenvalue weighted by Crippen LogP contribution is -2.29. The number of rotatable bonds is 5. The number of fused-ring (bicyclic) bond motifs is 1. The first-order chi connectivity index (χ1) is 12.9. The van der Waals surface area contributed by atoms with Gasteiger partial charge in [-0.05, 0) is 42.8 Å². The molecule has 1 amide bonds. The zero-order chi connectivity index (χ0) is 19.4. The van der Waals surface area contributed by atoms with E-state index in [-0.39, 0.29) is 6.79 Å². The number of nitrogens with one attached hydrogen (secondary N) is 1. The normalized spacial score (nSPS) is 13.4. The van der Waals surface area contributed by atoms with Crippen molar-refractivity contribution >= 4 is 46.8 Å². The summed E-state index contributed by atoms with van der Waals surface area (Å²) >= 11 is 11.9. The van der Waals surface area contributed by atoms with Gasteiger partial charge in [0.15, 0.2) is 17.6 Å². The molecule has 27 heavy (non-hydrogen) atoms. The van der Waals surface area contributed by atoms with Gasteiger partial charge in [0.05, 0.1) is 0 Å². The Labute approximate surface area is 165 Å². The average Bonchev–Trinajstić information content (AvgIpc) is 3.08. The van der Waals surface area contributed by atoms with Gasteiger partial charge < -0.3 is 19.5 Å². The monoisotopic (exact) mass is 407 g/mol. The molecule has 140 valence electrons. The molecule has 6 nitrogen and oxygen atoms in total. The fourth-order valence-electron chi connectivity index (χ4n) is 2.28. The zero-order valence-corrected chi connectivity index (χ0v) is 15.7. The average molecular weight is 408 g/mol. The smallest absolute Gasteiger partial charge is 0.331 e. The van der Waals surface area contributed by atoms with Gasteiger partial charge in [0.2, 0.25) is 6.79 Å². The minimum atomic E-state index is -0.992. The van der Waals surface area contributed by atoms with Gasteiger partial charge in [-0.25, -0.2) is 4.79 Å². The summed E-state index contributed by atoms with van der Waals surface area (Å²) in [6.07, 6.45) is 1.69. The third-order valence-electron chi connectivity index (χ3n) is 3.66. The third kappa shape index (κ3) is 4.93. The van der Waals surface area contributed by atoms with E-state index in [1.807, 2.05) is 0 Å². The van der Waals surface area contributed by atoms with Crippen LogP contribution in [0.2, 0.25) is 10.0 Å². The van der Waals surface area contributed by atoms with Gasteiger partial charge in [-0.1, -0.05) is 29.3 Å². The van der Waals surface area contributed by atoms with Crippen LogP contribution in [0.3, 0.4) is 0 Å². The van der Waals surface area contributed by atoms with Crippen LogP contribution >= 0.6 is 23.2 Å². The summed E-state index contributed by atoms with van der Waals surface area (Å²) in [6, 6.07) is 9.88. The number of esters is 1. The van der Waals surface area contributed by atoms with Crippen molar-refractivity contribution in [3.05, 3.63) is 58.1 Å². The number of carbonyl (C=O) groups is 2. The quantitative estimate of drug-likeness (QED) is 0.590. The summed E-state index contributed by atoms with van der Waals surface area (Å²) in [5.41, 5.74) is 1.12. The summed E-state index contributed by atoms with van der Waals surface area (Å²) in [7, 11) is 0. The number of carbonyl (C=O) groups excluding carboxylic acids is 2. The van der Waals surface area contributed by atoms with Crippen LogP contribution in [-0.4, -0.2) is 24.8 Å². The van der Waals surface area contributed by atoms with Gasteiger partial charge >= 0.3 is 5.97 Å². The summed E-state index contributed by atoms with van der Waals surface area (Å²) in [5.74, 6) is 0.00758. The van der Waals surface area contributed by atoms with E-state index in [1.165, 1.54) is 19.1 Å². The molecule has 1 atom stereocenters. The highest BCUT2D eigenvalue weighted by Crippen LogP contribution is 2.34. The number of halogens is 2. The fraction of sp³-hybridized carbons (Fsp3) is 0.158. The maximum Gasteiger partial charge on any atom is 0.331 e. The van der Waals surface area contributed by atoms with Crippen molar-refractivity contribution < 1.29 is 23.8 Å². The Balaban J connectivity index is 1.55. The van der Waals surface area contributed by atoms with Crippen LogP contribution in [0, 0.1) is 0 Å². The number of anilines is 1. The third-order valence-corrected chi connectivity index (χ3v) is 4.23. The number of amides is 1. The van der Waals surface area contributed by atoms with Crippen molar-refractivity contribution in [3.8, 4) is 11.5 Å². The Hall–Kier alpha value is -2.70. The molecule has 0 saturated heterocycles. The Morgan fingerprint density at radius 1 is 1.15 bits per heavy atom. The standard InChI is InChI=1S/C19H15Cl2NO5/c1-11(19(24)22-14-5-6-16-17(9-14)26-10-25-16)27-18(23)7-3-12-2-4-13(20)8-15(12)21/h2-9,11H,10H2,1H3,(H,22,24)/b7-3+/t11-/m0/s1. The van der Waals surface area contributed by atoms with Crippen LogP contribution in [0.4, 0.5) is 5.69 Å². The highest BCUT2D eigenvalue weighted by Gasteiger charge is 2.19. The lowest BCUT2D eigenvalue weighted by Gasteiger charge is -2.12. The second kappa shape index (κ2) is 8.33.